The number of hydrogen-bond donors (Lipinski definition) is 2. The van der Waals surface area contributed by atoms with Gasteiger partial charge >= 0.3 is 0 Å². The lowest BCUT2D eigenvalue weighted by Gasteiger charge is -2.17. The number of hydrogen-bond acceptors (Lipinski definition) is 10. The van der Waals surface area contributed by atoms with Crippen LogP contribution in [0.1, 0.15) is 52.4 Å². The van der Waals surface area contributed by atoms with Crippen LogP contribution < -0.4 is 20.5 Å². The van der Waals surface area contributed by atoms with Gasteiger partial charge in [0.2, 0.25) is 5.75 Å². The molecule has 1 aliphatic rings. The van der Waals surface area contributed by atoms with E-state index in [0.29, 0.717) is 30.7 Å². The molecule has 1 aliphatic carbocycles. The third-order valence-corrected chi connectivity index (χ3v) is 6.66. The molecule has 0 bridgehead atoms. The molecule has 0 aliphatic heterocycles. The minimum Gasteiger partial charge on any atom is -0.494 e. The van der Waals surface area contributed by atoms with Gasteiger partial charge in [-0.05, 0) is 57.6 Å². The van der Waals surface area contributed by atoms with Crippen molar-refractivity contribution >= 4 is 23.2 Å². The first kappa shape index (κ1) is 32.3. The Kier molecular flexibility index (Phi) is 11.7. The molecule has 0 saturated heterocycles. The van der Waals surface area contributed by atoms with E-state index in [-0.39, 0.29) is 61.5 Å². The van der Waals surface area contributed by atoms with Crippen LogP contribution in [0.2, 0.25) is 0 Å². The lowest BCUT2D eigenvalue weighted by atomic mass is 10.0. The van der Waals surface area contributed by atoms with E-state index >= 15 is 0 Å². The molecule has 0 unspecified atom stereocenters. The summed E-state index contributed by atoms with van der Waals surface area (Å²) in [6.07, 6.45) is 5.20. The van der Waals surface area contributed by atoms with Gasteiger partial charge in [0, 0.05) is 37.5 Å². The number of nitrogens with zero attached hydrogens (tertiary/aromatic N) is 5. The quantitative estimate of drug-likeness (QED) is 0.181. The molecule has 12 heteroatoms. The van der Waals surface area contributed by atoms with E-state index in [1.54, 1.807) is 26.3 Å². The maximum Gasteiger partial charge on any atom is 0.204 e. The van der Waals surface area contributed by atoms with Crippen LogP contribution in [-0.4, -0.2) is 59.1 Å². The molecule has 0 amide bonds. The molecule has 1 aromatic carbocycles. The summed E-state index contributed by atoms with van der Waals surface area (Å²) in [7, 11) is 1.57. The highest BCUT2D eigenvalue weighted by Crippen LogP contribution is 2.38. The van der Waals surface area contributed by atoms with Gasteiger partial charge in [-0.3, -0.25) is 4.99 Å². The standard InChI is InChI=1S/C29H35F2N7O3.CH4/c1-5-40-20-14-22(30)21(23(31)15-20)8-11-34-25(18(3)17(2)19-6-7-19)28-37-27(32)26(41-13-12-39-4)29(38-28)36-24-9-10-33-16-35-24;/h9-10,14-16,19H,5-8,11-13H2,1-4H3,(H3,32,33,35,36,37,38);1H4/b18-17+,34-25?;. The van der Waals surface area contributed by atoms with Gasteiger partial charge in [0.25, 0.3) is 0 Å². The molecule has 3 aromatic rings. The Morgan fingerprint density at radius 3 is 2.48 bits per heavy atom. The molecule has 1 fully saturated rings. The van der Waals surface area contributed by atoms with Crippen LogP contribution in [0.15, 0.2) is 46.9 Å². The van der Waals surface area contributed by atoms with Crippen molar-refractivity contribution in [3.05, 3.63) is 64.9 Å². The number of aromatic nitrogens is 4. The lowest BCUT2D eigenvalue weighted by Crippen LogP contribution is -2.17. The summed E-state index contributed by atoms with van der Waals surface area (Å²) in [6, 6.07) is 4.05. The van der Waals surface area contributed by atoms with Gasteiger partial charge in [-0.1, -0.05) is 13.0 Å². The van der Waals surface area contributed by atoms with Crippen molar-refractivity contribution in [2.75, 3.05) is 44.5 Å². The average Bonchev–Trinajstić information content (AvgIpc) is 3.79. The zero-order valence-corrected chi connectivity index (χ0v) is 23.7. The number of halogens is 2. The maximum atomic E-state index is 14.7. The first-order valence-electron chi connectivity index (χ1n) is 13.5. The Bertz CT molecular complexity index is 1390. The molecule has 3 N–H and O–H groups in total. The van der Waals surface area contributed by atoms with Crippen molar-refractivity contribution in [1.29, 1.82) is 0 Å². The highest BCUT2D eigenvalue weighted by Gasteiger charge is 2.27. The Morgan fingerprint density at radius 2 is 1.86 bits per heavy atom. The number of nitrogens with one attached hydrogen (secondary N) is 1. The zero-order chi connectivity index (χ0) is 29.4. The third kappa shape index (κ3) is 8.19. The number of rotatable bonds is 14. The van der Waals surface area contributed by atoms with E-state index in [1.807, 2.05) is 6.92 Å². The predicted molar refractivity (Wildman–Crippen MR) is 160 cm³/mol. The van der Waals surface area contributed by atoms with Crippen molar-refractivity contribution in [3.63, 3.8) is 0 Å². The Labute approximate surface area is 245 Å². The molecular formula is C30H39F2N7O3. The van der Waals surface area contributed by atoms with Crippen molar-refractivity contribution < 1.29 is 23.0 Å². The second kappa shape index (κ2) is 15.2. The largest absolute Gasteiger partial charge is 0.494 e. The number of nitrogens with two attached hydrogens (primary N) is 1. The van der Waals surface area contributed by atoms with Crippen molar-refractivity contribution in [2.45, 2.75) is 47.5 Å². The van der Waals surface area contributed by atoms with Gasteiger partial charge in [-0.2, -0.15) is 0 Å². The molecule has 4 rings (SSSR count). The van der Waals surface area contributed by atoms with E-state index in [0.717, 1.165) is 24.0 Å². The molecule has 0 spiro atoms. The normalized spacial score (nSPS) is 13.7. The van der Waals surface area contributed by atoms with E-state index in [9.17, 15) is 8.78 Å². The predicted octanol–water partition coefficient (Wildman–Crippen LogP) is 5.71. The summed E-state index contributed by atoms with van der Waals surface area (Å²) in [5.74, 6) is 0.588. The Hall–Kier alpha value is -4.19. The topological polar surface area (TPSA) is 130 Å². The Morgan fingerprint density at radius 1 is 1.12 bits per heavy atom. The van der Waals surface area contributed by atoms with Gasteiger partial charge in [-0.15, -0.1) is 0 Å². The smallest absolute Gasteiger partial charge is 0.204 e. The number of nitrogen functional groups attached to an aromatic ring is 1. The van der Waals surface area contributed by atoms with Crippen LogP contribution in [-0.2, 0) is 11.2 Å². The number of allylic oxidation sites excluding steroid dienone is 2. The molecule has 226 valence electrons. The highest BCUT2D eigenvalue weighted by molar-refractivity contribution is 6.11. The van der Waals surface area contributed by atoms with Crippen molar-refractivity contribution in [1.82, 2.24) is 19.9 Å². The van der Waals surface area contributed by atoms with Gasteiger partial charge in [-0.25, -0.2) is 28.7 Å². The number of aliphatic imine (C=N–C) groups is 1. The van der Waals surface area contributed by atoms with Gasteiger partial charge in [0.15, 0.2) is 17.5 Å². The van der Waals surface area contributed by atoms with Gasteiger partial charge in [0.1, 0.15) is 41.8 Å². The molecule has 2 aromatic heterocycles. The zero-order valence-electron chi connectivity index (χ0n) is 23.7. The van der Waals surface area contributed by atoms with E-state index in [1.165, 1.54) is 18.5 Å². The van der Waals surface area contributed by atoms with E-state index in [2.05, 4.69) is 27.2 Å². The fourth-order valence-corrected chi connectivity index (χ4v) is 4.23. The third-order valence-electron chi connectivity index (χ3n) is 6.66. The summed E-state index contributed by atoms with van der Waals surface area (Å²) < 4.78 is 45.6. The van der Waals surface area contributed by atoms with Gasteiger partial charge in [0.05, 0.1) is 13.2 Å². The second-order valence-corrected chi connectivity index (χ2v) is 9.53. The number of anilines is 3. The first-order valence-corrected chi connectivity index (χ1v) is 13.5. The molecule has 1 saturated carbocycles. The van der Waals surface area contributed by atoms with Crippen LogP contribution in [0.4, 0.5) is 26.2 Å². The van der Waals surface area contributed by atoms with Crippen LogP contribution in [0, 0.1) is 17.6 Å². The lowest BCUT2D eigenvalue weighted by molar-refractivity contribution is 0.147. The van der Waals surface area contributed by atoms with Gasteiger partial charge < -0.3 is 25.3 Å². The minimum absolute atomic E-state index is 0. The number of benzene rings is 1. The summed E-state index contributed by atoms with van der Waals surface area (Å²) in [4.78, 5) is 22.2. The van der Waals surface area contributed by atoms with E-state index < -0.39 is 11.6 Å². The summed E-state index contributed by atoms with van der Waals surface area (Å²) in [5.41, 5.74) is 8.85. The Balaban J connectivity index is 0.00000484. The molecular weight excluding hydrogens is 544 g/mol. The van der Waals surface area contributed by atoms with Crippen molar-refractivity contribution in [3.8, 4) is 11.5 Å². The molecule has 2 heterocycles. The van der Waals surface area contributed by atoms with E-state index in [4.69, 9.17) is 29.9 Å². The summed E-state index contributed by atoms with van der Waals surface area (Å²) in [5, 5.41) is 3.12. The summed E-state index contributed by atoms with van der Waals surface area (Å²) >= 11 is 0. The fraction of sp³-hybridized carbons (Fsp3) is 0.433. The van der Waals surface area contributed by atoms with Crippen molar-refractivity contribution in [2.24, 2.45) is 10.9 Å². The number of methoxy groups -OCH3 is 1. The van der Waals surface area contributed by atoms with Crippen LogP contribution >= 0.6 is 0 Å². The molecule has 42 heavy (non-hydrogen) atoms. The minimum atomic E-state index is -0.680. The molecule has 0 radical (unpaired) electrons. The summed E-state index contributed by atoms with van der Waals surface area (Å²) in [6.45, 7) is 6.72. The maximum absolute atomic E-state index is 14.7. The monoisotopic (exact) mass is 583 g/mol. The number of ether oxygens (including phenoxy) is 3. The fourth-order valence-electron chi connectivity index (χ4n) is 4.23. The molecule has 0 atom stereocenters. The highest BCUT2D eigenvalue weighted by atomic mass is 19.1. The average molecular weight is 584 g/mol. The van der Waals surface area contributed by atoms with Crippen LogP contribution in [0.25, 0.3) is 0 Å². The SMILES string of the molecule is C.CCOc1cc(F)c(CCN=C(/C(C)=C(\C)C2CC2)c2nc(N)c(OCCOC)c(Nc3ccncn3)n2)c(F)c1. The van der Waals surface area contributed by atoms with Crippen LogP contribution in [0.5, 0.6) is 11.5 Å². The molecule has 10 nitrogen and oxygen atoms in total. The van der Waals surface area contributed by atoms with Crippen LogP contribution in [0.3, 0.4) is 0 Å². The first-order chi connectivity index (χ1) is 19.8. The second-order valence-electron chi connectivity index (χ2n) is 9.53.